The monoisotopic (exact) mass is 393 g/mol. The second kappa shape index (κ2) is 7.83. The SMILES string of the molecule is COc1ccc(OC)c([C@H]2[C@H](C(=O)Nc3ccccc3)[C@H](C)Nc3ncnn32)c1. The third-order valence-corrected chi connectivity index (χ3v) is 5.17. The molecule has 8 nitrogen and oxygen atoms in total. The summed E-state index contributed by atoms with van der Waals surface area (Å²) in [6.07, 6.45) is 1.48. The van der Waals surface area contributed by atoms with Gasteiger partial charge in [0.15, 0.2) is 0 Å². The van der Waals surface area contributed by atoms with Crippen molar-refractivity contribution in [3.63, 3.8) is 0 Å². The summed E-state index contributed by atoms with van der Waals surface area (Å²) in [6, 6.07) is 14.3. The Balaban J connectivity index is 1.80. The summed E-state index contributed by atoms with van der Waals surface area (Å²) in [5.41, 5.74) is 1.55. The highest BCUT2D eigenvalue weighted by molar-refractivity contribution is 5.94. The van der Waals surface area contributed by atoms with E-state index in [2.05, 4.69) is 20.7 Å². The Bertz CT molecular complexity index is 1000. The van der Waals surface area contributed by atoms with Gasteiger partial charge >= 0.3 is 0 Å². The molecule has 2 heterocycles. The van der Waals surface area contributed by atoms with Crippen molar-refractivity contribution >= 4 is 17.5 Å². The van der Waals surface area contributed by atoms with Crippen molar-refractivity contribution in [3.8, 4) is 11.5 Å². The van der Waals surface area contributed by atoms with Crippen LogP contribution in [0.1, 0.15) is 18.5 Å². The summed E-state index contributed by atoms with van der Waals surface area (Å²) >= 11 is 0. The smallest absolute Gasteiger partial charge is 0.232 e. The van der Waals surface area contributed by atoms with Crippen molar-refractivity contribution in [2.24, 2.45) is 5.92 Å². The molecule has 8 heteroatoms. The third kappa shape index (κ3) is 3.49. The first-order valence-corrected chi connectivity index (χ1v) is 9.36. The average molecular weight is 393 g/mol. The molecule has 0 radical (unpaired) electrons. The Morgan fingerprint density at radius 3 is 2.66 bits per heavy atom. The van der Waals surface area contributed by atoms with Gasteiger partial charge in [0.25, 0.3) is 0 Å². The Morgan fingerprint density at radius 1 is 1.14 bits per heavy atom. The number of amides is 1. The molecule has 1 aliphatic heterocycles. The number of fused-ring (bicyclic) bond motifs is 1. The van der Waals surface area contributed by atoms with Crippen LogP contribution in [0.5, 0.6) is 11.5 Å². The lowest BCUT2D eigenvalue weighted by Crippen LogP contribution is -2.46. The zero-order valence-electron chi connectivity index (χ0n) is 16.5. The number of anilines is 2. The second-order valence-corrected chi connectivity index (χ2v) is 6.90. The number of benzene rings is 2. The summed E-state index contributed by atoms with van der Waals surface area (Å²) in [5, 5.41) is 10.7. The normalized spacial score (nSPS) is 20.3. The molecule has 1 aromatic heterocycles. The minimum Gasteiger partial charge on any atom is -0.497 e. The van der Waals surface area contributed by atoms with Crippen LogP contribution in [0, 0.1) is 5.92 Å². The van der Waals surface area contributed by atoms with Crippen LogP contribution in [0.2, 0.25) is 0 Å². The summed E-state index contributed by atoms with van der Waals surface area (Å²) in [6.45, 7) is 1.97. The number of rotatable bonds is 5. The van der Waals surface area contributed by atoms with E-state index >= 15 is 0 Å². The van der Waals surface area contributed by atoms with Crippen molar-refractivity contribution in [2.75, 3.05) is 24.9 Å². The number of methoxy groups -OCH3 is 2. The molecule has 0 bridgehead atoms. The zero-order valence-corrected chi connectivity index (χ0v) is 16.5. The van der Waals surface area contributed by atoms with E-state index in [1.54, 1.807) is 18.9 Å². The summed E-state index contributed by atoms with van der Waals surface area (Å²) < 4.78 is 12.7. The van der Waals surface area contributed by atoms with Gasteiger partial charge in [-0.05, 0) is 37.3 Å². The fraction of sp³-hybridized carbons (Fsp3) is 0.286. The van der Waals surface area contributed by atoms with Gasteiger partial charge in [0, 0.05) is 17.3 Å². The molecule has 1 aliphatic rings. The van der Waals surface area contributed by atoms with Crippen LogP contribution in [0.3, 0.4) is 0 Å². The number of hydrogen-bond donors (Lipinski definition) is 2. The van der Waals surface area contributed by atoms with Crippen LogP contribution < -0.4 is 20.1 Å². The quantitative estimate of drug-likeness (QED) is 0.693. The molecule has 0 unspecified atom stereocenters. The first-order valence-electron chi connectivity index (χ1n) is 9.36. The van der Waals surface area contributed by atoms with E-state index in [-0.39, 0.29) is 11.9 Å². The van der Waals surface area contributed by atoms with E-state index < -0.39 is 12.0 Å². The largest absolute Gasteiger partial charge is 0.497 e. The molecule has 1 amide bonds. The summed E-state index contributed by atoms with van der Waals surface area (Å²) in [4.78, 5) is 17.7. The Morgan fingerprint density at radius 2 is 1.93 bits per heavy atom. The number of carbonyl (C=O) groups excluding carboxylic acids is 1. The molecule has 4 rings (SSSR count). The third-order valence-electron chi connectivity index (χ3n) is 5.17. The molecule has 2 N–H and O–H groups in total. The predicted octanol–water partition coefficient (Wildman–Crippen LogP) is 2.95. The molecular weight excluding hydrogens is 370 g/mol. The minimum atomic E-state index is -0.467. The zero-order chi connectivity index (χ0) is 20.4. The van der Waals surface area contributed by atoms with Gasteiger partial charge in [0.1, 0.15) is 17.8 Å². The standard InChI is InChI=1S/C21H23N5O3/c1-13-18(20(27)25-14-7-5-4-6-8-14)19(26-21(24-13)22-12-23-26)16-11-15(28-2)9-10-17(16)29-3/h4-13,18-19H,1-3H3,(H,25,27)(H,22,23,24)/t13-,18+,19-/m0/s1. The highest BCUT2D eigenvalue weighted by Gasteiger charge is 2.42. The maximum atomic E-state index is 13.4. The molecule has 2 aromatic carbocycles. The lowest BCUT2D eigenvalue weighted by molar-refractivity contribution is -0.121. The van der Waals surface area contributed by atoms with Gasteiger partial charge in [-0.25, -0.2) is 4.68 Å². The first kappa shape index (κ1) is 18.8. The summed E-state index contributed by atoms with van der Waals surface area (Å²) in [7, 11) is 3.22. The number of ether oxygens (including phenoxy) is 2. The first-order chi connectivity index (χ1) is 14.1. The minimum absolute atomic E-state index is 0.118. The lowest BCUT2D eigenvalue weighted by Gasteiger charge is -2.37. The maximum absolute atomic E-state index is 13.4. The number of carbonyl (C=O) groups is 1. The molecule has 0 saturated heterocycles. The molecule has 29 heavy (non-hydrogen) atoms. The Labute approximate surface area is 168 Å². The van der Waals surface area contributed by atoms with E-state index in [0.717, 1.165) is 11.3 Å². The van der Waals surface area contributed by atoms with E-state index in [1.165, 1.54) is 6.33 Å². The second-order valence-electron chi connectivity index (χ2n) is 6.90. The molecule has 0 aliphatic carbocycles. The molecule has 0 spiro atoms. The highest BCUT2D eigenvalue weighted by Crippen LogP contribution is 2.41. The van der Waals surface area contributed by atoms with Gasteiger partial charge in [0.2, 0.25) is 11.9 Å². The average Bonchev–Trinajstić information content (AvgIpc) is 3.20. The predicted molar refractivity (Wildman–Crippen MR) is 109 cm³/mol. The van der Waals surface area contributed by atoms with Crippen molar-refractivity contribution in [1.29, 1.82) is 0 Å². The van der Waals surface area contributed by atoms with Crippen LogP contribution >= 0.6 is 0 Å². The van der Waals surface area contributed by atoms with Crippen molar-refractivity contribution < 1.29 is 14.3 Å². The number of nitrogens with one attached hydrogen (secondary N) is 2. The van der Waals surface area contributed by atoms with Crippen molar-refractivity contribution in [3.05, 3.63) is 60.4 Å². The van der Waals surface area contributed by atoms with Gasteiger partial charge in [-0.3, -0.25) is 4.79 Å². The molecule has 3 aromatic rings. The van der Waals surface area contributed by atoms with Crippen LogP contribution in [-0.4, -0.2) is 40.9 Å². The number of aromatic nitrogens is 3. The Kier molecular flexibility index (Phi) is 5.07. The number of para-hydroxylation sites is 1. The molecular formula is C21H23N5O3. The topological polar surface area (TPSA) is 90.3 Å². The van der Waals surface area contributed by atoms with Crippen LogP contribution in [-0.2, 0) is 4.79 Å². The molecule has 0 saturated carbocycles. The van der Waals surface area contributed by atoms with Crippen molar-refractivity contribution in [1.82, 2.24) is 14.8 Å². The van der Waals surface area contributed by atoms with Crippen LogP contribution in [0.25, 0.3) is 0 Å². The highest BCUT2D eigenvalue weighted by atomic mass is 16.5. The fourth-order valence-corrected chi connectivity index (χ4v) is 3.79. The number of nitrogens with zero attached hydrogens (tertiary/aromatic N) is 3. The lowest BCUT2D eigenvalue weighted by atomic mass is 9.85. The van der Waals surface area contributed by atoms with Gasteiger partial charge < -0.3 is 20.1 Å². The van der Waals surface area contributed by atoms with Crippen molar-refractivity contribution in [2.45, 2.75) is 19.0 Å². The molecule has 150 valence electrons. The maximum Gasteiger partial charge on any atom is 0.232 e. The number of hydrogen-bond acceptors (Lipinski definition) is 6. The molecule has 0 fully saturated rings. The Hall–Kier alpha value is -3.55. The van der Waals surface area contributed by atoms with Gasteiger partial charge in [0.05, 0.1) is 26.2 Å². The van der Waals surface area contributed by atoms with E-state index in [9.17, 15) is 4.79 Å². The summed E-state index contributed by atoms with van der Waals surface area (Å²) in [5.74, 6) is 1.36. The van der Waals surface area contributed by atoms with Gasteiger partial charge in [-0.15, -0.1) is 0 Å². The van der Waals surface area contributed by atoms with E-state index in [4.69, 9.17) is 9.47 Å². The van der Waals surface area contributed by atoms with Crippen LogP contribution in [0.15, 0.2) is 54.9 Å². The van der Waals surface area contributed by atoms with Gasteiger partial charge in [-0.2, -0.15) is 10.1 Å². The fourth-order valence-electron chi connectivity index (χ4n) is 3.79. The molecule has 3 atom stereocenters. The van der Waals surface area contributed by atoms with Gasteiger partial charge in [-0.1, -0.05) is 18.2 Å². The van der Waals surface area contributed by atoms with E-state index in [1.807, 2.05) is 55.5 Å². The van der Waals surface area contributed by atoms with Crippen LogP contribution in [0.4, 0.5) is 11.6 Å². The van der Waals surface area contributed by atoms with E-state index in [0.29, 0.717) is 17.4 Å².